The maximum atomic E-state index is 11.4. The lowest BCUT2D eigenvalue weighted by Crippen LogP contribution is -2.11. The van der Waals surface area contributed by atoms with Crippen molar-refractivity contribution in [2.75, 3.05) is 0 Å². The highest BCUT2D eigenvalue weighted by Crippen LogP contribution is 2.17. The summed E-state index contributed by atoms with van der Waals surface area (Å²) in [5.74, 6) is -0.113. The van der Waals surface area contributed by atoms with Gasteiger partial charge in [0.05, 0.1) is 0 Å². The molecule has 1 rings (SSSR count). The third-order valence-corrected chi connectivity index (χ3v) is 2.02. The average molecular weight is 187 g/mol. The number of nitrogens with two attached hydrogens (primary N) is 1. The topological polar surface area (TPSA) is 43.1 Å². The van der Waals surface area contributed by atoms with Crippen LogP contribution in [0.3, 0.4) is 0 Å². The average Bonchev–Trinajstić information content (AvgIpc) is 2.27. The van der Waals surface area contributed by atoms with Crippen molar-refractivity contribution in [1.82, 2.24) is 0 Å². The molecule has 0 aliphatic heterocycles. The summed E-state index contributed by atoms with van der Waals surface area (Å²) >= 11 is 0. The van der Waals surface area contributed by atoms with E-state index in [9.17, 15) is 4.79 Å². The van der Waals surface area contributed by atoms with Crippen molar-refractivity contribution in [1.29, 1.82) is 0 Å². The Morgan fingerprint density at radius 2 is 2.00 bits per heavy atom. The largest absolute Gasteiger partial charge is 0.321 e. The van der Waals surface area contributed by atoms with Crippen molar-refractivity contribution in [2.24, 2.45) is 5.73 Å². The Balaban J connectivity index is 3.21. The third kappa shape index (κ3) is 1.98. The number of allylic oxidation sites excluding steroid dienone is 1. The van der Waals surface area contributed by atoms with Crippen LogP contribution in [0.2, 0.25) is 0 Å². The maximum absolute atomic E-state index is 11.4. The quantitative estimate of drug-likeness (QED) is 0.446. The molecule has 0 fully saturated rings. The van der Waals surface area contributed by atoms with Crippen LogP contribution in [0, 0.1) is 0 Å². The van der Waals surface area contributed by atoms with Gasteiger partial charge >= 0.3 is 0 Å². The van der Waals surface area contributed by atoms with E-state index in [0.717, 1.165) is 5.56 Å². The maximum Gasteiger partial charge on any atom is 0.185 e. The number of carbonyl (C=O) groups is 1. The summed E-state index contributed by atoms with van der Waals surface area (Å²) in [5.41, 5.74) is 7.16. The van der Waals surface area contributed by atoms with E-state index in [4.69, 9.17) is 5.73 Å². The Morgan fingerprint density at radius 3 is 2.57 bits per heavy atom. The summed E-state index contributed by atoms with van der Waals surface area (Å²) in [6.07, 6.45) is 2.89. The first kappa shape index (κ1) is 10.4. The molecule has 2 N–H and O–H groups in total. The minimum absolute atomic E-state index is 0.113. The van der Waals surface area contributed by atoms with Crippen LogP contribution >= 0.6 is 0 Å². The highest BCUT2D eigenvalue weighted by atomic mass is 16.1. The second kappa shape index (κ2) is 4.53. The van der Waals surface area contributed by atoms with Crippen LogP contribution in [0.15, 0.2) is 49.6 Å². The first-order chi connectivity index (χ1) is 6.70. The van der Waals surface area contributed by atoms with Gasteiger partial charge in [0.1, 0.15) is 0 Å². The van der Waals surface area contributed by atoms with Crippen molar-refractivity contribution < 1.29 is 4.79 Å². The van der Waals surface area contributed by atoms with Crippen LogP contribution in [-0.2, 0) is 0 Å². The van der Waals surface area contributed by atoms with Gasteiger partial charge in [-0.25, -0.2) is 0 Å². The predicted octanol–water partition coefficient (Wildman–Crippen LogP) is 2.24. The summed E-state index contributed by atoms with van der Waals surface area (Å²) in [4.78, 5) is 11.4. The van der Waals surface area contributed by atoms with E-state index in [0.29, 0.717) is 5.56 Å². The van der Waals surface area contributed by atoms with E-state index >= 15 is 0 Å². The van der Waals surface area contributed by atoms with Crippen LogP contribution < -0.4 is 5.73 Å². The van der Waals surface area contributed by atoms with Crippen molar-refractivity contribution in [3.05, 3.63) is 60.7 Å². The molecule has 72 valence electrons. The van der Waals surface area contributed by atoms with E-state index in [1.165, 1.54) is 6.08 Å². The standard InChI is InChI=1S/C12H13NO/c1-3-11(13)9-7-5-6-8-10(9)12(14)4-2/h3-8,11H,1-2,13H2. The molecule has 0 aliphatic carbocycles. The zero-order valence-corrected chi connectivity index (χ0v) is 7.94. The summed E-state index contributed by atoms with van der Waals surface area (Å²) in [5, 5.41) is 0. The molecule has 2 nitrogen and oxygen atoms in total. The van der Waals surface area contributed by atoms with Crippen LogP contribution in [0.5, 0.6) is 0 Å². The molecule has 0 aliphatic rings. The van der Waals surface area contributed by atoms with Crippen LogP contribution in [-0.4, -0.2) is 5.78 Å². The summed E-state index contributed by atoms with van der Waals surface area (Å²) < 4.78 is 0. The van der Waals surface area contributed by atoms with Gasteiger partial charge in [-0.2, -0.15) is 0 Å². The van der Waals surface area contributed by atoms with Crippen LogP contribution in [0.25, 0.3) is 0 Å². The molecule has 0 amide bonds. The van der Waals surface area contributed by atoms with Crippen molar-refractivity contribution >= 4 is 5.78 Å². The molecule has 0 spiro atoms. The highest BCUT2D eigenvalue weighted by Gasteiger charge is 2.10. The van der Waals surface area contributed by atoms with Crippen LogP contribution in [0.4, 0.5) is 0 Å². The molecule has 1 atom stereocenters. The third-order valence-electron chi connectivity index (χ3n) is 2.02. The summed E-state index contributed by atoms with van der Waals surface area (Å²) in [6, 6.07) is 6.90. The molecule has 1 aromatic rings. The second-order valence-corrected chi connectivity index (χ2v) is 2.92. The van der Waals surface area contributed by atoms with Gasteiger partial charge in [0.25, 0.3) is 0 Å². The Kier molecular flexibility index (Phi) is 3.37. The lowest BCUT2D eigenvalue weighted by Gasteiger charge is -2.10. The first-order valence-corrected chi connectivity index (χ1v) is 4.34. The van der Waals surface area contributed by atoms with E-state index in [2.05, 4.69) is 13.2 Å². The Hall–Kier alpha value is -1.67. The first-order valence-electron chi connectivity index (χ1n) is 4.34. The van der Waals surface area contributed by atoms with E-state index < -0.39 is 0 Å². The number of rotatable bonds is 4. The molecule has 0 heterocycles. The van der Waals surface area contributed by atoms with Crippen molar-refractivity contribution in [2.45, 2.75) is 6.04 Å². The van der Waals surface area contributed by atoms with Crippen molar-refractivity contribution in [3.8, 4) is 0 Å². The molecule has 0 saturated carbocycles. The van der Waals surface area contributed by atoms with Gasteiger partial charge in [0.2, 0.25) is 0 Å². The Bertz CT molecular complexity index is 368. The summed E-state index contributed by atoms with van der Waals surface area (Å²) in [6.45, 7) is 7.05. The zero-order chi connectivity index (χ0) is 10.6. The smallest absolute Gasteiger partial charge is 0.185 e. The minimum atomic E-state index is -0.310. The predicted molar refractivity (Wildman–Crippen MR) is 58.1 cm³/mol. The monoisotopic (exact) mass is 187 g/mol. The molecule has 1 unspecified atom stereocenters. The number of hydrogen-bond donors (Lipinski definition) is 1. The van der Waals surface area contributed by atoms with Crippen molar-refractivity contribution in [3.63, 3.8) is 0 Å². The molecule has 0 bridgehead atoms. The second-order valence-electron chi connectivity index (χ2n) is 2.92. The fraction of sp³-hybridized carbons (Fsp3) is 0.0833. The van der Waals surface area contributed by atoms with Gasteiger partial charge in [-0.3, -0.25) is 4.79 Å². The Labute approximate surface area is 83.7 Å². The number of hydrogen-bond acceptors (Lipinski definition) is 2. The normalized spacial score (nSPS) is 11.8. The highest BCUT2D eigenvalue weighted by molar-refractivity contribution is 6.05. The number of benzene rings is 1. The molecular weight excluding hydrogens is 174 g/mol. The van der Waals surface area contributed by atoms with Gasteiger partial charge in [0, 0.05) is 11.6 Å². The van der Waals surface area contributed by atoms with Gasteiger partial charge in [-0.1, -0.05) is 36.9 Å². The van der Waals surface area contributed by atoms with E-state index in [1.54, 1.807) is 18.2 Å². The van der Waals surface area contributed by atoms with Gasteiger partial charge in [0.15, 0.2) is 5.78 Å². The number of ketones is 1. The molecule has 2 heteroatoms. The fourth-order valence-electron chi connectivity index (χ4n) is 1.25. The summed E-state index contributed by atoms with van der Waals surface area (Å²) in [7, 11) is 0. The molecule has 14 heavy (non-hydrogen) atoms. The van der Waals surface area contributed by atoms with E-state index in [-0.39, 0.29) is 11.8 Å². The van der Waals surface area contributed by atoms with Gasteiger partial charge in [-0.15, -0.1) is 6.58 Å². The molecule has 0 aromatic heterocycles. The molecule has 0 radical (unpaired) electrons. The SMILES string of the molecule is C=CC(=O)c1ccccc1C(N)C=C. The minimum Gasteiger partial charge on any atom is -0.321 e. The lowest BCUT2D eigenvalue weighted by molar-refractivity contribution is 0.104. The van der Waals surface area contributed by atoms with Crippen LogP contribution in [0.1, 0.15) is 22.0 Å². The number of carbonyl (C=O) groups excluding carboxylic acids is 1. The molecule has 1 aromatic carbocycles. The zero-order valence-electron chi connectivity index (χ0n) is 7.94. The van der Waals surface area contributed by atoms with Gasteiger partial charge in [-0.05, 0) is 11.6 Å². The molecule has 0 saturated heterocycles. The van der Waals surface area contributed by atoms with Gasteiger partial charge < -0.3 is 5.73 Å². The fourth-order valence-corrected chi connectivity index (χ4v) is 1.25. The Morgan fingerprint density at radius 1 is 1.36 bits per heavy atom. The lowest BCUT2D eigenvalue weighted by atomic mass is 9.98. The molecular formula is C12H13NO. The van der Waals surface area contributed by atoms with E-state index in [1.807, 2.05) is 12.1 Å².